The van der Waals surface area contributed by atoms with Gasteiger partial charge < -0.3 is 15.5 Å². The van der Waals surface area contributed by atoms with Gasteiger partial charge in [-0.3, -0.25) is 5.10 Å². The predicted molar refractivity (Wildman–Crippen MR) is 138 cm³/mol. The van der Waals surface area contributed by atoms with Crippen molar-refractivity contribution >= 4 is 34.9 Å². The molecule has 0 saturated heterocycles. The van der Waals surface area contributed by atoms with Gasteiger partial charge in [0.15, 0.2) is 11.6 Å². The molecule has 0 bridgehead atoms. The second-order valence-corrected chi connectivity index (χ2v) is 9.44. The number of benzene rings is 2. The van der Waals surface area contributed by atoms with Gasteiger partial charge in [-0.25, -0.2) is 4.98 Å². The van der Waals surface area contributed by atoms with E-state index in [0.717, 1.165) is 36.5 Å². The Kier molecular flexibility index (Phi) is 5.98. The smallest absolute Gasteiger partial charge is 0.229 e. The third-order valence-electron chi connectivity index (χ3n) is 6.23. The summed E-state index contributed by atoms with van der Waals surface area (Å²) >= 11 is 6.30. The molecule has 2 aromatic carbocycles. The largest absolute Gasteiger partial charge is 0.324 e. The molecule has 1 aliphatic heterocycles. The zero-order valence-electron chi connectivity index (χ0n) is 19.8. The molecular weight excluding hydrogens is 446 g/mol. The average Bonchev–Trinajstić information content (AvgIpc) is 3.22. The molecule has 0 fully saturated rings. The molecule has 0 spiro atoms. The number of nitrogens with zero attached hydrogens (tertiary/aromatic N) is 4. The van der Waals surface area contributed by atoms with Crippen LogP contribution in [0.2, 0.25) is 5.02 Å². The maximum Gasteiger partial charge on any atom is 0.229 e. The van der Waals surface area contributed by atoms with Crippen LogP contribution in [-0.2, 0) is 13.0 Å². The zero-order chi connectivity index (χ0) is 23.8. The Morgan fingerprint density at radius 1 is 1.00 bits per heavy atom. The van der Waals surface area contributed by atoms with Gasteiger partial charge >= 0.3 is 0 Å². The summed E-state index contributed by atoms with van der Waals surface area (Å²) in [6.45, 7) is 8.30. The minimum absolute atomic E-state index is 0.424. The molecule has 0 unspecified atom stereocenters. The summed E-state index contributed by atoms with van der Waals surface area (Å²) in [5, 5.41) is 14.0. The van der Waals surface area contributed by atoms with Crippen LogP contribution in [0.25, 0.3) is 11.1 Å². The number of anilines is 4. The van der Waals surface area contributed by atoms with Crippen LogP contribution in [-0.4, -0.2) is 38.7 Å². The number of fused-ring (bicyclic) bond motifs is 1. The predicted octanol–water partition coefficient (Wildman–Crippen LogP) is 5.92. The normalized spacial score (nSPS) is 13.6. The number of hydrogen-bond donors (Lipinski definition) is 3. The first kappa shape index (κ1) is 22.4. The summed E-state index contributed by atoms with van der Waals surface area (Å²) in [6.07, 6.45) is 2.68. The topological polar surface area (TPSA) is 81.8 Å². The van der Waals surface area contributed by atoms with Crippen molar-refractivity contribution in [3.05, 3.63) is 75.6 Å². The number of aromatic amines is 1. The maximum absolute atomic E-state index is 6.30. The lowest BCUT2D eigenvalue weighted by Crippen LogP contribution is -2.26. The summed E-state index contributed by atoms with van der Waals surface area (Å²) in [4.78, 5) is 11.3. The Hall–Kier alpha value is -3.42. The van der Waals surface area contributed by atoms with Crippen molar-refractivity contribution < 1.29 is 0 Å². The summed E-state index contributed by atoms with van der Waals surface area (Å²) in [7, 11) is 2.18. The number of aryl methyl sites for hydroxylation is 3. The molecule has 3 N–H and O–H groups in total. The van der Waals surface area contributed by atoms with Gasteiger partial charge in [0.05, 0.1) is 6.20 Å². The third-order valence-corrected chi connectivity index (χ3v) is 6.51. The Balaban J connectivity index is 1.40. The van der Waals surface area contributed by atoms with E-state index in [9.17, 15) is 0 Å². The molecular formula is C26H28ClN7. The van der Waals surface area contributed by atoms with E-state index in [1.54, 1.807) is 6.20 Å². The number of likely N-dealkylation sites (N-methyl/N-ethyl adjacent to an activating group) is 1. The Morgan fingerprint density at radius 2 is 1.85 bits per heavy atom. The van der Waals surface area contributed by atoms with Crippen LogP contribution >= 0.6 is 11.6 Å². The molecule has 0 amide bonds. The van der Waals surface area contributed by atoms with Crippen molar-refractivity contribution in [2.75, 3.05) is 24.2 Å². The summed E-state index contributed by atoms with van der Waals surface area (Å²) in [6, 6.07) is 13.1. The van der Waals surface area contributed by atoms with E-state index >= 15 is 0 Å². The molecule has 3 heterocycles. The van der Waals surface area contributed by atoms with E-state index < -0.39 is 0 Å². The molecule has 0 radical (unpaired) electrons. The van der Waals surface area contributed by atoms with Gasteiger partial charge in [-0.15, -0.1) is 0 Å². The maximum atomic E-state index is 6.30. The molecule has 1 aliphatic rings. The van der Waals surface area contributed by atoms with Crippen LogP contribution in [0.1, 0.15) is 27.9 Å². The van der Waals surface area contributed by atoms with Gasteiger partial charge in [-0.05, 0) is 79.8 Å². The lowest BCUT2D eigenvalue weighted by atomic mass is 9.92. The molecule has 2 aromatic heterocycles. The van der Waals surface area contributed by atoms with Gasteiger partial charge in [0.2, 0.25) is 5.95 Å². The minimum atomic E-state index is 0.424. The van der Waals surface area contributed by atoms with E-state index in [0.29, 0.717) is 22.6 Å². The third kappa shape index (κ3) is 4.62. The molecule has 8 heteroatoms. The quantitative estimate of drug-likeness (QED) is 0.333. The van der Waals surface area contributed by atoms with E-state index in [4.69, 9.17) is 11.6 Å². The molecule has 34 heavy (non-hydrogen) atoms. The van der Waals surface area contributed by atoms with Crippen LogP contribution in [0.5, 0.6) is 0 Å². The van der Waals surface area contributed by atoms with Crippen molar-refractivity contribution in [1.82, 2.24) is 25.1 Å². The standard InChI is InChI=1S/C26H28ClN7/c1-15-10-23(29-26-28-13-22(27)25(31-26)30-24-11-17(3)32-33-24)16(2)9-21(15)19-5-6-20-14-34(4)8-7-18(20)12-19/h5-6,9-13H,7-8,14H2,1-4H3,(H3,28,29,30,31,32,33). The van der Waals surface area contributed by atoms with Crippen LogP contribution < -0.4 is 10.6 Å². The van der Waals surface area contributed by atoms with Crippen LogP contribution in [0.3, 0.4) is 0 Å². The zero-order valence-corrected chi connectivity index (χ0v) is 20.6. The monoisotopic (exact) mass is 473 g/mol. The van der Waals surface area contributed by atoms with E-state index in [-0.39, 0.29) is 0 Å². The van der Waals surface area contributed by atoms with Crippen LogP contribution in [0.4, 0.5) is 23.3 Å². The molecule has 0 atom stereocenters. The second-order valence-electron chi connectivity index (χ2n) is 9.03. The highest BCUT2D eigenvalue weighted by molar-refractivity contribution is 6.32. The van der Waals surface area contributed by atoms with E-state index in [2.05, 4.69) is 86.9 Å². The fourth-order valence-corrected chi connectivity index (χ4v) is 4.50. The second kappa shape index (κ2) is 9.08. The number of H-pyrrole nitrogens is 1. The molecule has 4 aromatic rings. The van der Waals surface area contributed by atoms with Gasteiger partial charge in [0.25, 0.3) is 0 Å². The first-order chi connectivity index (χ1) is 16.4. The Morgan fingerprint density at radius 3 is 2.65 bits per heavy atom. The molecule has 174 valence electrons. The summed E-state index contributed by atoms with van der Waals surface area (Å²) in [5.41, 5.74) is 9.62. The first-order valence-electron chi connectivity index (χ1n) is 11.4. The van der Waals surface area contributed by atoms with Gasteiger partial charge in [-0.1, -0.05) is 29.8 Å². The summed E-state index contributed by atoms with van der Waals surface area (Å²) < 4.78 is 0. The van der Waals surface area contributed by atoms with Crippen molar-refractivity contribution in [2.45, 2.75) is 33.7 Å². The van der Waals surface area contributed by atoms with E-state index in [1.165, 1.54) is 27.8 Å². The number of aromatic nitrogens is 4. The lowest BCUT2D eigenvalue weighted by Gasteiger charge is -2.25. The number of halogens is 1. The van der Waals surface area contributed by atoms with Gasteiger partial charge in [-0.2, -0.15) is 10.1 Å². The molecule has 5 rings (SSSR count). The van der Waals surface area contributed by atoms with E-state index in [1.807, 2.05) is 13.0 Å². The Labute approximate surface area is 204 Å². The average molecular weight is 474 g/mol. The van der Waals surface area contributed by atoms with Crippen molar-refractivity contribution in [3.63, 3.8) is 0 Å². The van der Waals surface area contributed by atoms with Crippen molar-refractivity contribution in [2.24, 2.45) is 0 Å². The molecule has 0 aliphatic carbocycles. The number of hydrogen-bond acceptors (Lipinski definition) is 6. The van der Waals surface area contributed by atoms with Gasteiger partial charge in [0, 0.05) is 30.5 Å². The SMILES string of the molecule is Cc1cc(Nc2nc(Nc3cc(C)c(-c4ccc5c(c4)CCN(C)C5)cc3C)ncc2Cl)n[nH]1. The van der Waals surface area contributed by atoms with Crippen LogP contribution in [0, 0.1) is 20.8 Å². The highest BCUT2D eigenvalue weighted by atomic mass is 35.5. The van der Waals surface area contributed by atoms with Crippen LogP contribution in [0.15, 0.2) is 42.6 Å². The fraction of sp³-hybridized carbons (Fsp3) is 0.269. The fourth-order valence-electron chi connectivity index (χ4n) is 4.36. The Bertz CT molecular complexity index is 1360. The molecule has 7 nitrogen and oxygen atoms in total. The van der Waals surface area contributed by atoms with Crippen molar-refractivity contribution in [3.8, 4) is 11.1 Å². The highest BCUT2D eigenvalue weighted by Gasteiger charge is 2.15. The number of nitrogens with one attached hydrogen (secondary N) is 3. The first-order valence-corrected chi connectivity index (χ1v) is 11.7. The van der Waals surface area contributed by atoms with Gasteiger partial charge in [0.1, 0.15) is 5.02 Å². The molecule has 0 saturated carbocycles. The number of rotatable bonds is 5. The van der Waals surface area contributed by atoms with Crippen molar-refractivity contribution in [1.29, 1.82) is 0 Å². The minimum Gasteiger partial charge on any atom is -0.324 e. The highest BCUT2D eigenvalue weighted by Crippen LogP contribution is 2.33. The lowest BCUT2D eigenvalue weighted by molar-refractivity contribution is 0.313. The summed E-state index contributed by atoms with van der Waals surface area (Å²) in [5.74, 6) is 1.61.